The topological polar surface area (TPSA) is 85.3 Å². The molecule has 1 heterocycles. The van der Waals surface area contributed by atoms with Gasteiger partial charge in [-0.2, -0.15) is 0 Å². The minimum absolute atomic E-state index is 0.0107. The van der Waals surface area contributed by atoms with Gasteiger partial charge in [-0.15, -0.1) is 0 Å². The number of nitrogens with two attached hydrogens (primary N) is 1. The second kappa shape index (κ2) is 7.49. The number of aliphatic hydroxyl groups excluding tert-OH is 1. The first-order valence-electron chi connectivity index (χ1n) is 7.01. The lowest BCUT2D eigenvalue weighted by atomic mass is 10.1. The second-order valence-corrected chi connectivity index (χ2v) is 5.46. The van der Waals surface area contributed by atoms with Crippen LogP contribution in [0.5, 0.6) is 0 Å². The summed E-state index contributed by atoms with van der Waals surface area (Å²) in [6.45, 7) is 4.66. The average Bonchev–Trinajstić information content (AvgIpc) is 2.72. The first-order chi connectivity index (χ1) is 10.2. The van der Waals surface area contributed by atoms with Crippen molar-refractivity contribution >= 4 is 23.1 Å². The Morgan fingerprint density at radius 1 is 1.29 bits per heavy atom. The Hall–Kier alpha value is -1.50. The SMILES string of the molecule is N/C(=N/O)c1ccc(N2CCCN(CCO)CC2)cc1Cl. The standard InChI is InChI=1S/C14H21ClN4O2/c15-13-10-11(2-3-12(13)14(16)17-21)19-5-1-4-18(6-7-19)8-9-20/h2-3,10,20-21H,1,4-9H2,(H2,16,17). The van der Waals surface area contributed by atoms with Crippen molar-refractivity contribution in [1.82, 2.24) is 4.90 Å². The van der Waals surface area contributed by atoms with Crippen LogP contribution in [-0.2, 0) is 0 Å². The molecule has 2 rings (SSSR count). The van der Waals surface area contributed by atoms with Gasteiger partial charge >= 0.3 is 0 Å². The molecule has 116 valence electrons. The molecule has 0 saturated carbocycles. The molecule has 7 heteroatoms. The Bertz CT molecular complexity index is 510. The molecule has 1 aliphatic rings. The van der Waals surface area contributed by atoms with Gasteiger partial charge in [0.1, 0.15) is 0 Å². The molecule has 4 N–H and O–H groups in total. The van der Waals surface area contributed by atoms with E-state index in [-0.39, 0.29) is 12.4 Å². The van der Waals surface area contributed by atoms with Crippen molar-refractivity contribution < 1.29 is 10.3 Å². The van der Waals surface area contributed by atoms with Gasteiger partial charge in [0, 0.05) is 37.4 Å². The fourth-order valence-electron chi connectivity index (χ4n) is 2.56. The third-order valence-corrected chi connectivity index (χ3v) is 4.02. The van der Waals surface area contributed by atoms with Gasteiger partial charge < -0.3 is 20.9 Å². The van der Waals surface area contributed by atoms with Crippen molar-refractivity contribution in [2.45, 2.75) is 6.42 Å². The molecule has 0 atom stereocenters. The van der Waals surface area contributed by atoms with E-state index in [0.29, 0.717) is 10.6 Å². The molecule has 1 fully saturated rings. The fraction of sp³-hybridized carbons (Fsp3) is 0.500. The molecule has 0 aromatic heterocycles. The van der Waals surface area contributed by atoms with E-state index in [2.05, 4.69) is 15.0 Å². The maximum absolute atomic E-state index is 9.02. The predicted octanol–water partition coefficient (Wildman–Crippen LogP) is 0.939. The van der Waals surface area contributed by atoms with Crippen molar-refractivity contribution in [3.8, 4) is 0 Å². The summed E-state index contributed by atoms with van der Waals surface area (Å²) in [6, 6.07) is 5.54. The first-order valence-corrected chi connectivity index (χ1v) is 7.39. The number of rotatable bonds is 4. The van der Waals surface area contributed by atoms with E-state index in [1.807, 2.05) is 12.1 Å². The predicted molar refractivity (Wildman–Crippen MR) is 84.3 cm³/mol. The highest BCUT2D eigenvalue weighted by atomic mass is 35.5. The summed E-state index contributed by atoms with van der Waals surface area (Å²) in [7, 11) is 0. The van der Waals surface area contributed by atoms with Crippen LogP contribution in [0.3, 0.4) is 0 Å². The third kappa shape index (κ3) is 4.00. The minimum atomic E-state index is 0.0107. The van der Waals surface area contributed by atoms with Crippen molar-refractivity contribution in [1.29, 1.82) is 0 Å². The number of oxime groups is 1. The van der Waals surface area contributed by atoms with Gasteiger partial charge in [-0.3, -0.25) is 4.90 Å². The quantitative estimate of drug-likeness (QED) is 0.333. The average molecular weight is 313 g/mol. The number of amidine groups is 1. The van der Waals surface area contributed by atoms with Gasteiger partial charge in [-0.05, 0) is 31.2 Å². The maximum Gasteiger partial charge on any atom is 0.171 e. The summed E-state index contributed by atoms with van der Waals surface area (Å²) in [5.41, 5.74) is 7.13. The van der Waals surface area contributed by atoms with Crippen molar-refractivity contribution in [3.05, 3.63) is 28.8 Å². The van der Waals surface area contributed by atoms with E-state index < -0.39 is 0 Å². The third-order valence-electron chi connectivity index (χ3n) is 3.71. The largest absolute Gasteiger partial charge is 0.409 e. The molecule has 0 unspecified atom stereocenters. The van der Waals surface area contributed by atoms with Crippen LogP contribution in [0.2, 0.25) is 5.02 Å². The highest BCUT2D eigenvalue weighted by molar-refractivity contribution is 6.34. The Kier molecular flexibility index (Phi) is 5.67. The van der Waals surface area contributed by atoms with Crippen molar-refractivity contribution in [2.75, 3.05) is 44.2 Å². The van der Waals surface area contributed by atoms with Crippen LogP contribution in [0.4, 0.5) is 5.69 Å². The summed E-state index contributed by atoms with van der Waals surface area (Å²) < 4.78 is 0. The van der Waals surface area contributed by atoms with E-state index in [9.17, 15) is 0 Å². The van der Waals surface area contributed by atoms with Gasteiger partial charge in [0.2, 0.25) is 0 Å². The lowest BCUT2D eigenvalue weighted by molar-refractivity contribution is 0.204. The van der Waals surface area contributed by atoms with Crippen LogP contribution >= 0.6 is 11.6 Å². The Balaban J connectivity index is 2.10. The van der Waals surface area contributed by atoms with Gasteiger partial charge in [0.25, 0.3) is 0 Å². The number of benzene rings is 1. The van der Waals surface area contributed by atoms with Crippen LogP contribution in [0.25, 0.3) is 0 Å². The molecule has 0 amide bonds. The molecule has 0 spiro atoms. The molecule has 0 bridgehead atoms. The van der Waals surface area contributed by atoms with Crippen LogP contribution in [0, 0.1) is 0 Å². The molecule has 1 aromatic rings. The maximum atomic E-state index is 9.02. The van der Waals surface area contributed by atoms with Gasteiger partial charge in [-0.25, -0.2) is 0 Å². The molecule has 1 saturated heterocycles. The summed E-state index contributed by atoms with van der Waals surface area (Å²) >= 11 is 6.20. The first kappa shape index (κ1) is 15.9. The van der Waals surface area contributed by atoms with E-state index in [4.69, 9.17) is 27.6 Å². The normalized spacial score (nSPS) is 17.8. The lowest BCUT2D eigenvalue weighted by Gasteiger charge is -2.24. The van der Waals surface area contributed by atoms with Crippen LogP contribution < -0.4 is 10.6 Å². The highest BCUT2D eigenvalue weighted by Gasteiger charge is 2.16. The molecule has 6 nitrogen and oxygen atoms in total. The highest BCUT2D eigenvalue weighted by Crippen LogP contribution is 2.24. The second-order valence-electron chi connectivity index (χ2n) is 5.06. The van der Waals surface area contributed by atoms with E-state index in [1.54, 1.807) is 6.07 Å². The number of aliphatic hydroxyl groups is 1. The molecule has 0 radical (unpaired) electrons. The number of β-amino-alcohol motifs (C(OH)–C–C–N with tert-alkyl or cyclic N) is 1. The number of anilines is 1. The zero-order valence-electron chi connectivity index (χ0n) is 11.9. The smallest absolute Gasteiger partial charge is 0.171 e. The summed E-state index contributed by atoms with van der Waals surface area (Å²) in [5, 5.41) is 21.2. The molecule has 0 aliphatic carbocycles. The molecule has 1 aromatic carbocycles. The summed E-state index contributed by atoms with van der Waals surface area (Å²) in [6.07, 6.45) is 1.04. The molecular formula is C14H21ClN4O2. The Morgan fingerprint density at radius 2 is 2.10 bits per heavy atom. The summed E-state index contributed by atoms with van der Waals surface area (Å²) in [5.74, 6) is 0.0107. The minimum Gasteiger partial charge on any atom is -0.409 e. The van der Waals surface area contributed by atoms with E-state index >= 15 is 0 Å². The number of nitrogens with zero attached hydrogens (tertiary/aromatic N) is 3. The number of hydrogen-bond acceptors (Lipinski definition) is 5. The fourth-order valence-corrected chi connectivity index (χ4v) is 2.83. The molecule has 21 heavy (non-hydrogen) atoms. The van der Waals surface area contributed by atoms with Crippen LogP contribution in [-0.4, -0.2) is 60.4 Å². The van der Waals surface area contributed by atoms with E-state index in [1.165, 1.54) is 0 Å². The van der Waals surface area contributed by atoms with Gasteiger partial charge in [0.15, 0.2) is 5.84 Å². The van der Waals surface area contributed by atoms with Crippen LogP contribution in [0.15, 0.2) is 23.4 Å². The Labute approximate surface area is 129 Å². The monoisotopic (exact) mass is 312 g/mol. The van der Waals surface area contributed by atoms with Gasteiger partial charge in [0.05, 0.1) is 11.6 Å². The Morgan fingerprint density at radius 3 is 2.76 bits per heavy atom. The zero-order chi connectivity index (χ0) is 15.2. The van der Waals surface area contributed by atoms with Gasteiger partial charge in [-0.1, -0.05) is 16.8 Å². The van der Waals surface area contributed by atoms with Crippen molar-refractivity contribution in [3.63, 3.8) is 0 Å². The number of halogens is 1. The lowest BCUT2D eigenvalue weighted by Crippen LogP contribution is -2.32. The van der Waals surface area contributed by atoms with Crippen LogP contribution in [0.1, 0.15) is 12.0 Å². The molecule has 1 aliphatic heterocycles. The number of hydrogen-bond donors (Lipinski definition) is 3. The van der Waals surface area contributed by atoms with Crippen molar-refractivity contribution in [2.24, 2.45) is 10.9 Å². The zero-order valence-corrected chi connectivity index (χ0v) is 12.6. The summed E-state index contributed by atoms with van der Waals surface area (Å²) in [4.78, 5) is 4.52. The molecular weight excluding hydrogens is 292 g/mol. The van der Waals surface area contributed by atoms with E-state index in [0.717, 1.165) is 44.8 Å².